The monoisotopic (exact) mass is 540 g/mol. The van der Waals surface area contributed by atoms with E-state index in [0.717, 1.165) is 5.56 Å². The summed E-state index contributed by atoms with van der Waals surface area (Å²) in [6, 6.07) is 7.29. The van der Waals surface area contributed by atoms with Crippen molar-refractivity contribution in [3.63, 3.8) is 0 Å². The van der Waals surface area contributed by atoms with Crippen LogP contribution in [0.4, 0.5) is 4.79 Å². The first kappa shape index (κ1) is 31.2. The van der Waals surface area contributed by atoms with Gasteiger partial charge in [0, 0.05) is 31.2 Å². The number of imidazole rings is 1. The third kappa shape index (κ3) is 11.5. The highest BCUT2D eigenvalue weighted by atomic mass is 16.6. The molecule has 0 fully saturated rings. The lowest BCUT2D eigenvalue weighted by molar-refractivity contribution is -0.132. The Bertz CT molecular complexity index is 1160. The summed E-state index contributed by atoms with van der Waals surface area (Å²) in [5.41, 5.74) is 3.60. The Morgan fingerprint density at radius 1 is 0.974 bits per heavy atom. The second-order valence-corrected chi connectivity index (χ2v) is 11.0. The van der Waals surface area contributed by atoms with Crippen LogP contribution in [-0.4, -0.2) is 56.8 Å². The van der Waals surface area contributed by atoms with Crippen LogP contribution >= 0.6 is 0 Å². The maximum absolute atomic E-state index is 13.4. The zero-order chi connectivity index (χ0) is 29.2. The molecule has 0 radical (unpaired) electrons. The molecule has 1 aromatic carbocycles. The molecule has 3 amide bonds. The third-order valence-electron chi connectivity index (χ3n) is 5.20. The van der Waals surface area contributed by atoms with E-state index in [-0.39, 0.29) is 31.1 Å². The highest BCUT2D eigenvalue weighted by Crippen LogP contribution is 2.11. The number of hydrogen-bond donors (Lipinski definition) is 3. The van der Waals surface area contributed by atoms with E-state index in [2.05, 4.69) is 26.1 Å². The largest absolute Gasteiger partial charge is 0.443 e. The summed E-state index contributed by atoms with van der Waals surface area (Å²) in [5.74, 6) is -1.24. The zero-order valence-corrected chi connectivity index (χ0v) is 23.8. The number of hydrazone groups is 1. The number of nitrogens with one attached hydrogen (secondary N) is 3. The SMILES string of the molecule is CC(C)=NNC(=O)[C@@H](Cc1cn(C(=O)OC(C)(C)C)cn1)NC(=O)[C@@H](Cc1ccccc1)NC(=O)CC(C)C. The van der Waals surface area contributed by atoms with Crippen LogP contribution < -0.4 is 16.1 Å². The maximum Gasteiger partial charge on any atom is 0.419 e. The Hall–Kier alpha value is -4.02. The minimum atomic E-state index is -1.08. The molecule has 2 rings (SSSR count). The fourth-order valence-corrected chi connectivity index (χ4v) is 3.50. The van der Waals surface area contributed by atoms with Gasteiger partial charge in [-0.2, -0.15) is 5.10 Å². The number of benzene rings is 1. The van der Waals surface area contributed by atoms with E-state index < -0.39 is 35.6 Å². The third-order valence-corrected chi connectivity index (χ3v) is 5.20. The first-order chi connectivity index (χ1) is 18.2. The molecule has 0 saturated carbocycles. The van der Waals surface area contributed by atoms with Crippen molar-refractivity contribution in [1.82, 2.24) is 25.6 Å². The highest BCUT2D eigenvalue weighted by molar-refractivity contribution is 5.93. The Balaban J connectivity index is 2.27. The number of nitrogens with zero attached hydrogens (tertiary/aromatic N) is 3. The van der Waals surface area contributed by atoms with Crippen LogP contribution in [0.25, 0.3) is 0 Å². The second-order valence-electron chi connectivity index (χ2n) is 11.0. The molecular formula is C28H40N6O5. The quantitative estimate of drug-likeness (QED) is 0.295. The van der Waals surface area contributed by atoms with Gasteiger partial charge < -0.3 is 15.4 Å². The van der Waals surface area contributed by atoms with Crippen molar-refractivity contribution >= 4 is 29.5 Å². The van der Waals surface area contributed by atoms with Crippen molar-refractivity contribution in [1.29, 1.82) is 0 Å². The standard InChI is InChI=1S/C28H40N6O5/c1-18(2)13-24(35)30-22(14-20-11-9-8-10-12-20)25(36)31-23(26(37)33-32-19(3)4)15-21-16-34(17-29-21)27(38)39-28(5,6)7/h8-12,16-18,22-23H,13-15H2,1-7H3,(H,30,35)(H,31,36)(H,33,37)/t22-,23-/m1/s1. The Labute approximate surface area is 229 Å². The number of carbonyl (C=O) groups is 4. The van der Waals surface area contributed by atoms with Gasteiger partial charge in [0.05, 0.1) is 5.69 Å². The van der Waals surface area contributed by atoms with Crippen molar-refractivity contribution in [2.75, 3.05) is 0 Å². The van der Waals surface area contributed by atoms with Crippen molar-refractivity contribution in [2.45, 2.75) is 85.4 Å². The smallest absolute Gasteiger partial charge is 0.419 e. The summed E-state index contributed by atoms with van der Waals surface area (Å²) < 4.78 is 6.53. The van der Waals surface area contributed by atoms with E-state index in [1.165, 1.54) is 17.1 Å². The average molecular weight is 541 g/mol. The molecule has 39 heavy (non-hydrogen) atoms. The van der Waals surface area contributed by atoms with Gasteiger partial charge in [-0.1, -0.05) is 44.2 Å². The summed E-state index contributed by atoms with van der Waals surface area (Å²) in [7, 11) is 0. The summed E-state index contributed by atoms with van der Waals surface area (Å²) >= 11 is 0. The van der Waals surface area contributed by atoms with Crippen molar-refractivity contribution in [3.8, 4) is 0 Å². The average Bonchev–Trinajstić information content (AvgIpc) is 3.29. The minimum absolute atomic E-state index is 0.0242. The summed E-state index contributed by atoms with van der Waals surface area (Å²) in [6.07, 6.45) is 2.59. The molecule has 0 spiro atoms. The minimum Gasteiger partial charge on any atom is -0.443 e. The molecule has 0 unspecified atom stereocenters. The fourth-order valence-electron chi connectivity index (χ4n) is 3.50. The Kier molecular flexibility index (Phi) is 11.4. The highest BCUT2D eigenvalue weighted by Gasteiger charge is 2.28. The number of ether oxygens (including phenoxy) is 1. The molecule has 11 heteroatoms. The summed E-state index contributed by atoms with van der Waals surface area (Å²) in [5, 5.41) is 9.51. The number of amides is 3. The number of rotatable bonds is 11. The van der Waals surface area contributed by atoms with Gasteiger partial charge in [-0.3, -0.25) is 14.4 Å². The Morgan fingerprint density at radius 3 is 2.21 bits per heavy atom. The molecule has 0 saturated heterocycles. The Morgan fingerprint density at radius 2 is 1.62 bits per heavy atom. The zero-order valence-electron chi connectivity index (χ0n) is 23.8. The van der Waals surface area contributed by atoms with E-state index in [1.807, 2.05) is 44.2 Å². The van der Waals surface area contributed by atoms with Gasteiger partial charge in [0.15, 0.2) is 0 Å². The molecular weight excluding hydrogens is 500 g/mol. The van der Waals surface area contributed by atoms with Crippen LogP contribution in [-0.2, 0) is 32.0 Å². The van der Waals surface area contributed by atoms with Crippen LogP contribution in [0.1, 0.15) is 66.1 Å². The maximum atomic E-state index is 13.4. The molecule has 2 aromatic rings. The van der Waals surface area contributed by atoms with Gasteiger partial charge in [0.2, 0.25) is 11.8 Å². The first-order valence-electron chi connectivity index (χ1n) is 12.9. The van der Waals surface area contributed by atoms with Crippen molar-refractivity contribution < 1.29 is 23.9 Å². The molecule has 212 valence electrons. The number of aromatic nitrogens is 2. The molecule has 1 heterocycles. The van der Waals surface area contributed by atoms with Gasteiger partial charge in [-0.25, -0.2) is 19.8 Å². The van der Waals surface area contributed by atoms with Gasteiger partial charge in [0.1, 0.15) is 24.0 Å². The molecule has 3 N–H and O–H groups in total. The van der Waals surface area contributed by atoms with E-state index in [0.29, 0.717) is 11.4 Å². The lowest BCUT2D eigenvalue weighted by atomic mass is 10.0. The number of carbonyl (C=O) groups excluding carboxylic acids is 4. The van der Waals surface area contributed by atoms with Gasteiger partial charge in [-0.05, 0) is 46.1 Å². The molecule has 0 aliphatic carbocycles. The molecule has 11 nitrogen and oxygen atoms in total. The van der Waals surface area contributed by atoms with Gasteiger partial charge in [0.25, 0.3) is 5.91 Å². The summed E-state index contributed by atoms with van der Waals surface area (Å²) in [6.45, 7) is 12.5. The van der Waals surface area contributed by atoms with Crippen LogP contribution in [0, 0.1) is 5.92 Å². The van der Waals surface area contributed by atoms with Crippen LogP contribution in [0.2, 0.25) is 0 Å². The molecule has 1 aromatic heterocycles. The van der Waals surface area contributed by atoms with E-state index in [1.54, 1.807) is 34.6 Å². The van der Waals surface area contributed by atoms with Crippen LogP contribution in [0.5, 0.6) is 0 Å². The first-order valence-corrected chi connectivity index (χ1v) is 12.9. The predicted molar refractivity (Wildman–Crippen MR) is 148 cm³/mol. The topological polar surface area (TPSA) is 144 Å². The fraction of sp³-hybridized carbons (Fsp3) is 0.500. The van der Waals surface area contributed by atoms with Crippen molar-refractivity contribution in [2.24, 2.45) is 11.0 Å². The van der Waals surface area contributed by atoms with Gasteiger partial charge in [-0.15, -0.1) is 0 Å². The van der Waals surface area contributed by atoms with Crippen LogP contribution in [0.15, 0.2) is 48.0 Å². The number of hydrogen-bond acceptors (Lipinski definition) is 7. The summed E-state index contributed by atoms with van der Waals surface area (Å²) in [4.78, 5) is 55.6. The van der Waals surface area contributed by atoms with E-state index in [4.69, 9.17) is 4.74 Å². The normalized spacial score (nSPS) is 12.7. The van der Waals surface area contributed by atoms with Crippen LogP contribution in [0.3, 0.4) is 0 Å². The second kappa shape index (κ2) is 14.2. The molecule has 0 aliphatic rings. The van der Waals surface area contributed by atoms with Gasteiger partial charge >= 0.3 is 6.09 Å². The van der Waals surface area contributed by atoms with E-state index in [9.17, 15) is 19.2 Å². The molecule has 0 bridgehead atoms. The lowest BCUT2D eigenvalue weighted by Crippen LogP contribution is -2.54. The molecule has 0 aliphatic heterocycles. The molecule has 2 atom stereocenters. The van der Waals surface area contributed by atoms with Crippen molar-refractivity contribution in [3.05, 3.63) is 54.1 Å². The predicted octanol–water partition coefficient (Wildman–Crippen LogP) is 2.98. The lowest BCUT2D eigenvalue weighted by Gasteiger charge is -2.23. The van der Waals surface area contributed by atoms with E-state index >= 15 is 0 Å².